The number of nitrogens with two attached hydrogens (primary N) is 1. The van der Waals surface area contributed by atoms with Crippen LogP contribution in [0, 0.1) is 0 Å². The molecule has 88 valence electrons. The van der Waals surface area contributed by atoms with E-state index in [4.69, 9.17) is 5.73 Å². The van der Waals surface area contributed by atoms with Gasteiger partial charge in [0.25, 0.3) is 0 Å². The monoisotopic (exact) mass is 232 g/mol. The van der Waals surface area contributed by atoms with Crippen molar-refractivity contribution in [2.75, 3.05) is 18.1 Å². The van der Waals surface area contributed by atoms with E-state index in [2.05, 4.69) is 11.8 Å². The molecule has 15 heavy (non-hydrogen) atoms. The van der Waals surface area contributed by atoms with E-state index in [1.165, 1.54) is 0 Å². The molecular weight excluding hydrogens is 212 g/mol. The van der Waals surface area contributed by atoms with Crippen molar-refractivity contribution in [1.29, 1.82) is 0 Å². The van der Waals surface area contributed by atoms with E-state index in [0.717, 1.165) is 25.8 Å². The molecule has 4 nitrogen and oxygen atoms in total. The van der Waals surface area contributed by atoms with E-state index in [1.54, 1.807) is 0 Å². The van der Waals surface area contributed by atoms with Crippen LogP contribution >= 0.6 is 0 Å². The van der Waals surface area contributed by atoms with Crippen LogP contribution < -0.4 is 5.73 Å². The third-order valence-corrected chi connectivity index (χ3v) is 5.40. The van der Waals surface area contributed by atoms with E-state index in [1.807, 2.05) is 0 Å². The standard InChI is InChI=1S/C10H20N2O2S/c1-8-6-9(11)2-4-12(8)10-3-5-15(13,14)7-10/h8-10H,2-7,11H2,1H3. The summed E-state index contributed by atoms with van der Waals surface area (Å²) in [6.45, 7) is 3.12. The van der Waals surface area contributed by atoms with Crippen LogP contribution in [0.15, 0.2) is 0 Å². The molecule has 0 radical (unpaired) electrons. The fourth-order valence-corrected chi connectivity index (χ4v) is 4.55. The first-order valence-electron chi connectivity index (χ1n) is 5.70. The summed E-state index contributed by atoms with van der Waals surface area (Å²) in [7, 11) is -2.75. The van der Waals surface area contributed by atoms with Crippen LogP contribution in [0.3, 0.4) is 0 Å². The molecule has 2 N–H and O–H groups in total. The Bertz CT molecular complexity index is 328. The zero-order chi connectivity index (χ0) is 11.1. The van der Waals surface area contributed by atoms with E-state index >= 15 is 0 Å². The van der Waals surface area contributed by atoms with Crippen molar-refractivity contribution in [2.24, 2.45) is 5.73 Å². The summed E-state index contributed by atoms with van der Waals surface area (Å²) in [5.74, 6) is 0.722. The molecule has 2 heterocycles. The minimum atomic E-state index is -2.75. The van der Waals surface area contributed by atoms with Gasteiger partial charge in [0.05, 0.1) is 11.5 Å². The van der Waals surface area contributed by atoms with Crippen LogP contribution in [0.2, 0.25) is 0 Å². The molecule has 0 amide bonds. The van der Waals surface area contributed by atoms with Gasteiger partial charge in [0, 0.05) is 24.7 Å². The van der Waals surface area contributed by atoms with Crippen molar-refractivity contribution in [1.82, 2.24) is 4.90 Å². The highest BCUT2D eigenvalue weighted by atomic mass is 32.2. The molecule has 0 aromatic rings. The second-order valence-corrected chi connectivity index (χ2v) is 7.16. The van der Waals surface area contributed by atoms with Gasteiger partial charge >= 0.3 is 0 Å². The molecule has 2 aliphatic rings. The molecule has 2 rings (SSSR count). The summed E-state index contributed by atoms with van der Waals surface area (Å²) in [4.78, 5) is 2.34. The van der Waals surface area contributed by atoms with Gasteiger partial charge in [0.15, 0.2) is 9.84 Å². The van der Waals surface area contributed by atoms with E-state index in [9.17, 15) is 8.42 Å². The second kappa shape index (κ2) is 4.03. The van der Waals surface area contributed by atoms with Gasteiger partial charge < -0.3 is 5.73 Å². The fourth-order valence-electron chi connectivity index (χ4n) is 2.81. The number of rotatable bonds is 1. The number of nitrogens with zero attached hydrogens (tertiary/aromatic N) is 1. The minimum absolute atomic E-state index is 0.248. The van der Waals surface area contributed by atoms with Crippen LogP contribution in [-0.4, -0.2) is 49.5 Å². The molecule has 0 aromatic carbocycles. The lowest BCUT2D eigenvalue weighted by Gasteiger charge is -2.39. The normalized spacial score (nSPS) is 41.9. The molecule has 0 saturated carbocycles. The smallest absolute Gasteiger partial charge is 0.151 e. The molecule has 0 aliphatic carbocycles. The first kappa shape index (κ1) is 11.4. The average molecular weight is 232 g/mol. The lowest BCUT2D eigenvalue weighted by atomic mass is 9.97. The zero-order valence-corrected chi connectivity index (χ0v) is 10.0. The van der Waals surface area contributed by atoms with Crippen LogP contribution in [0.25, 0.3) is 0 Å². The molecule has 0 bridgehead atoms. The van der Waals surface area contributed by atoms with Crippen molar-refractivity contribution >= 4 is 9.84 Å². The van der Waals surface area contributed by atoms with Crippen molar-refractivity contribution in [3.05, 3.63) is 0 Å². The molecule has 5 heteroatoms. The highest BCUT2D eigenvalue weighted by Gasteiger charge is 2.36. The highest BCUT2D eigenvalue weighted by molar-refractivity contribution is 7.91. The lowest BCUT2D eigenvalue weighted by molar-refractivity contribution is 0.107. The summed E-state index contributed by atoms with van der Waals surface area (Å²) in [5.41, 5.74) is 5.89. The van der Waals surface area contributed by atoms with Crippen molar-refractivity contribution in [3.8, 4) is 0 Å². The van der Waals surface area contributed by atoms with Gasteiger partial charge in [-0.2, -0.15) is 0 Å². The molecule has 2 saturated heterocycles. The first-order chi connectivity index (χ1) is 6.98. The highest BCUT2D eigenvalue weighted by Crippen LogP contribution is 2.25. The first-order valence-corrected chi connectivity index (χ1v) is 7.52. The second-order valence-electron chi connectivity index (χ2n) is 4.93. The lowest BCUT2D eigenvalue weighted by Crippen LogP contribution is -2.50. The minimum Gasteiger partial charge on any atom is -0.328 e. The Morgan fingerprint density at radius 3 is 2.60 bits per heavy atom. The third-order valence-electron chi connectivity index (χ3n) is 3.65. The molecule has 0 spiro atoms. The Kier molecular flexibility index (Phi) is 3.05. The van der Waals surface area contributed by atoms with Gasteiger partial charge in [-0.15, -0.1) is 0 Å². The Morgan fingerprint density at radius 1 is 1.33 bits per heavy atom. The van der Waals surface area contributed by atoms with E-state index in [0.29, 0.717) is 23.6 Å². The Morgan fingerprint density at radius 2 is 2.07 bits per heavy atom. The Labute approximate surface area is 91.7 Å². The number of hydrogen-bond acceptors (Lipinski definition) is 4. The summed E-state index contributed by atoms with van der Waals surface area (Å²) in [6.07, 6.45) is 2.80. The van der Waals surface area contributed by atoms with E-state index in [-0.39, 0.29) is 6.04 Å². The number of hydrogen-bond donors (Lipinski definition) is 1. The fraction of sp³-hybridized carbons (Fsp3) is 1.00. The van der Waals surface area contributed by atoms with E-state index < -0.39 is 9.84 Å². The number of likely N-dealkylation sites (tertiary alicyclic amines) is 1. The molecule has 3 unspecified atom stereocenters. The van der Waals surface area contributed by atoms with Crippen LogP contribution in [0.1, 0.15) is 26.2 Å². The Balaban J connectivity index is 2.00. The largest absolute Gasteiger partial charge is 0.328 e. The van der Waals surface area contributed by atoms with Crippen LogP contribution in [0.5, 0.6) is 0 Å². The van der Waals surface area contributed by atoms with Gasteiger partial charge in [-0.1, -0.05) is 0 Å². The zero-order valence-electron chi connectivity index (χ0n) is 9.22. The van der Waals surface area contributed by atoms with Gasteiger partial charge in [-0.25, -0.2) is 8.42 Å². The number of sulfone groups is 1. The van der Waals surface area contributed by atoms with Crippen LogP contribution in [0.4, 0.5) is 0 Å². The van der Waals surface area contributed by atoms with Gasteiger partial charge in [0.1, 0.15) is 0 Å². The summed E-state index contributed by atoms with van der Waals surface area (Å²) < 4.78 is 22.8. The molecular formula is C10H20N2O2S. The van der Waals surface area contributed by atoms with Gasteiger partial charge in [0.2, 0.25) is 0 Å². The maximum absolute atomic E-state index is 11.4. The van der Waals surface area contributed by atoms with Crippen molar-refractivity contribution in [2.45, 2.75) is 44.3 Å². The molecule has 3 atom stereocenters. The topological polar surface area (TPSA) is 63.4 Å². The average Bonchev–Trinajstić information content (AvgIpc) is 2.46. The summed E-state index contributed by atoms with van der Waals surface area (Å²) in [6, 6.07) is 0.985. The SMILES string of the molecule is CC1CC(N)CCN1C1CCS(=O)(=O)C1. The third kappa shape index (κ3) is 2.52. The van der Waals surface area contributed by atoms with Gasteiger partial charge in [-0.05, 0) is 26.2 Å². The summed E-state index contributed by atoms with van der Waals surface area (Å²) in [5, 5.41) is 0. The molecule has 2 aliphatic heterocycles. The number of piperidine rings is 1. The van der Waals surface area contributed by atoms with Gasteiger partial charge in [-0.3, -0.25) is 4.90 Å². The molecule has 2 fully saturated rings. The predicted molar refractivity (Wildman–Crippen MR) is 60.4 cm³/mol. The van der Waals surface area contributed by atoms with Crippen molar-refractivity contribution in [3.63, 3.8) is 0 Å². The maximum Gasteiger partial charge on any atom is 0.151 e. The summed E-state index contributed by atoms with van der Waals surface area (Å²) >= 11 is 0. The van der Waals surface area contributed by atoms with Crippen LogP contribution in [-0.2, 0) is 9.84 Å². The maximum atomic E-state index is 11.4. The predicted octanol–water partition coefficient (Wildman–Crippen LogP) is -0.0149. The van der Waals surface area contributed by atoms with Crippen molar-refractivity contribution < 1.29 is 8.42 Å². The Hall–Kier alpha value is -0.130. The quantitative estimate of drug-likeness (QED) is 0.690. The molecule has 0 aromatic heterocycles.